The molecular formula is C15H19N5. The number of rotatable bonds is 6. The number of hydrogen-bond acceptors (Lipinski definition) is 4. The maximum absolute atomic E-state index is 8.83. The zero-order valence-corrected chi connectivity index (χ0v) is 11.9. The lowest BCUT2D eigenvalue weighted by Crippen LogP contribution is -2.19. The van der Waals surface area contributed by atoms with E-state index < -0.39 is 0 Å². The van der Waals surface area contributed by atoms with Gasteiger partial charge in [-0.2, -0.15) is 5.26 Å². The Labute approximate surface area is 119 Å². The molecule has 20 heavy (non-hydrogen) atoms. The van der Waals surface area contributed by atoms with Crippen molar-refractivity contribution >= 4 is 0 Å². The van der Waals surface area contributed by atoms with Crippen LogP contribution in [0.25, 0.3) is 0 Å². The summed E-state index contributed by atoms with van der Waals surface area (Å²) in [7, 11) is 0. The molecule has 0 aliphatic heterocycles. The molecule has 0 fully saturated rings. The summed E-state index contributed by atoms with van der Waals surface area (Å²) >= 11 is 0. The number of nitrogens with one attached hydrogen (secondary N) is 1. The molecule has 1 N–H and O–H groups in total. The van der Waals surface area contributed by atoms with Gasteiger partial charge in [0.1, 0.15) is 11.8 Å². The Morgan fingerprint density at radius 1 is 1.40 bits per heavy atom. The SMILES string of the molecule is CC(C)CNCc1cn(Cc2ccnc(C#N)c2)cn1. The summed E-state index contributed by atoms with van der Waals surface area (Å²) in [6.07, 6.45) is 5.51. The van der Waals surface area contributed by atoms with Crippen molar-refractivity contribution < 1.29 is 0 Å². The van der Waals surface area contributed by atoms with Crippen molar-refractivity contribution in [3.05, 3.63) is 47.8 Å². The fraction of sp³-hybridized carbons (Fsp3) is 0.400. The number of pyridine rings is 1. The van der Waals surface area contributed by atoms with E-state index in [9.17, 15) is 0 Å². The van der Waals surface area contributed by atoms with Gasteiger partial charge >= 0.3 is 0 Å². The van der Waals surface area contributed by atoms with Gasteiger partial charge in [-0.1, -0.05) is 13.8 Å². The minimum atomic E-state index is 0.446. The van der Waals surface area contributed by atoms with Crippen LogP contribution in [0, 0.1) is 17.2 Å². The highest BCUT2D eigenvalue weighted by Gasteiger charge is 2.02. The highest BCUT2D eigenvalue weighted by Crippen LogP contribution is 2.05. The predicted molar refractivity (Wildman–Crippen MR) is 76.8 cm³/mol. The molecule has 0 saturated heterocycles. The van der Waals surface area contributed by atoms with E-state index in [1.54, 1.807) is 12.3 Å². The molecule has 0 spiro atoms. The number of imidazole rings is 1. The number of aromatic nitrogens is 3. The van der Waals surface area contributed by atoms with Gasteiger partial charge in [-0.3, -0.25) is 0 Å². The Hall–Kier alpha value is -2.19. The van der Waals surface area contributed by atoms with Crippen LogP contribution in [0.4, 0.5) is 0 Å². The number of nitriles is 1. The lowest BCUT2D eigenvalue weighted by molar-refractivity contribution is 0.548. The summed E-state index contributed by atoms with van der Waals surface area (Å²) in [6, 6.07) is 5.77. The monoisotopic (exact) mass is 269 g/mol. The van der Waals surface area contributed by atoms with Gasteiger partial charge in [0.2, 0.25) is 0 Å². The van der Waals surface area contributed by atoms with E-state index in [2.05, 4.69) is 35.2 Å². The molecule has 104 valence electrons. The van der Waals surface area contributed by atoms with Gasteiger partial charge in [-0.25, -0.2) is 9.97 Å². The van der Waals surface area contributed by atoms with E-state index in [4.69, 9.17) is 5.26 Å². The van der Waals surface area contributed by atoms with Crippen LogP contribution in [0.5, 0.6) is 0 Å². The van der Waals surface area contributed by atoms with E-state index in [1.165, 1.54) is 0 Å². The summed E-state index contributed by atoms with van der Waals surface area (Å²) in [5.74, 6) is 0.637. The second-order valence-corrected chi connectivity index (χ2v) is 5.22. The summed E-state index contributed by atoms with van der Waals surface area (Å²) in [5, 5.41) is 12.2. The average molecular weight is 269 g/mol. The third-order valence-electron chi connectivity index (χ3n) is 2.85. The van der Waals surface area contributed by atoms with E-state index in [0.717, 1.165) is 24.3 Å². The van der Waals surface area contributed by atoms with Crippen molar-refractivity contribution in [2.45, 2.75) is 26.9 Å². The third-order valence-corrected chi connectivity index (χ3v) is 2.85. The van der Waals surface area contributed by atoms with Gasteiger partial charge in [-0.05, 0) is 30.2 Å². The molecule has 2 aromatic heterocycles. The van der Waals surface area contributed by atoms with Crippen LogP contribution in [0.15, 0.2) is 30.9 Å². The molecular weight excluding hydrogens is 250 g/mol. The van der Waals surface area contributed by atoms with Gasteiger partial charge in [-0.15, -0.1) is 0 Å². The zero-order chi connectivity index (χ0) is 14.4. The Morgan fingerprint density at radius 2 is 2.25 bits per heavy atom. The zero-order valence-electron chi connectivity index (χ0n) is 11.9. The molecule has 0 atom stereocenters. The van der Waals surface area contributed by atoms with Crippen molar-refractivity contribution in [1.82, 2.24) is 19.9 Å². The van der Waals surface area contributed by atoms with Crippen LogP contribution in [0.1, 0.15) is 30.8 Å². The fourth-order valence-electron chi connectivity index (χ4n) is 1.92. The highest BCUT2D eigenvalue weighted by atomic mass is 15.0. The summed E-state index contributed by atoms with van der Waals surface area (Å²) in [4.78, 5) is 8.34. The van der Waals surface area contributed by atoms with Gasteiger partial charge in [0, 0.05) is 25.5 Å². The molecule has 2 aromatic rings. The quantitative estimate of drug-likeness (QED) is 0.870. The molecule has 0 unspecified atom stereocenters. The summed E-state index contributed by atoms with van der Waals surface area (Å²) in [6.45, 7) is 6.84. The Balaban J connectivity index is 1.93. The highest BCUT2D eigenvalue weighted by molar-refractivity contribution is 5.25. The minimum absolute atomic E-state index is 0.446. The van der Waals surface area contributed by atoms with E-state index in [0.29, 0.717) is 18.2 Å². The first-order valence-electron chi connectivity index (χ1n) is 6.74. The van der Waals surface area contributed by atoms with Crippen molar-refractivity contribution in [2.24, 2.45) is 5.92 Å². The molecule has 0 amide bonds. The standard InChI is InChI=1S/C15H19N5/c1-12(2)7-17-8-15-10-20(11-19-15)9-13-3-4-18-14(5-13)6-16/h3-5,10-12,17H,7-9H2,1-2H3. The van der Waals surface area contributed by atoms with Gasteiger partial charge in [0.15, 0.2) is 0 Å². The van der Waals surface area contributed by atoms with Crippen molar-refractivity contribution in [3.63, 3.8) is 0 Å². The Morgan fingerprint density at radius 3 is 3.00 bits per heavy atom. The first-order chi connectivity index (χ1) is 9.67. The van der Waals surface area contributed by atoms with Crippen molar-refractivity contribution in [2.75, 3.05) is 6.54 Å². The lowest BCUT2D eigenvalue weighted by atomic mass is 10.2. The summed E-state index contributed by atoms with van der Waals surface area (Å²) < 4.78 is 2.02. The van der Waals surface area contributed by atoms with Gasteiger partial charge in [0.05, 0.1) is 12.0 Å². The smallest absolute Gasteiger partial charge is 0.140 e. The van der Waals surface area contributed by atoms with Crippen LogP contribution in [-0.4, -0.2) is 21.1 Å². The molecule has 0 bridgehead atoms. The molecule has 2 rings (SSSR count). The molecule has 5 heteroatoms. The van der Waals surface area contributed by atoms with Crippen LogP contribution in [0.3, 0.4) is 0 Å². The Kier molecular flexibility index (Phi) is 4.85. The number of nitrogens with zero attached hydrogens (tertiary/aromatic N) is 4. The first-order valence-corrected chi connectivity index (χ1v) is 6.74. The predicted octanol–water partition coefficient (Wildman–Crippen LogP) is 1.94. The van der Waals surface area contributed by atoms with Crippen molar-refractivity contribution in [1.29, 1.82) is 5.26 Å². The first kappa shape index (κ1) is 14.2. The third kappa shape index (κ3) is 4.18. The molecule has 0 aliphatic rings. The maximum Gasteiger partial charge on any atom is 0.140 e. The topological polar surface area (TPSA) is 66.5 Å². The average Bonchev–Trinajstić information content (AvgIpc) is 2.86. The minimum Gasteiger partial charge on any atom is -0.333 e. The largest absolute Gasteiger partial charge is 0.333 e. The summed E-state index contributed by atoms with van der Waals surface area (Å²) in [5.41, 5.74) is 2.53. The van der Waals surface area contributed by atoms with Crippen LogP contribution in [0.2, 0.25) is 0 Å². The second-order valence-electron chi connectivity index (χ2n) is 5.22. The fourth-order valence-corrected chi connectivity index (χ4v) is 1.92. The molecule has 5 nitrogen and oxygen atoms in total. The van der Waals surface area contributed by atoms with Crippen LogP contribution >= 0.6 is 0 Å². The maximum atomic E-state index is 8.83. The van der Waals surface area contributed by atoms with Gasteiger partial charge < -0.3 is 9.88 Å². The lowest BCUT2D eigenvalue weighted by Gasteiger charge is -2.05. The van der Waals surface area contributed by atoms with Crippen LogP contribution < -0.4 is 5.32 Å². The second kappa shape index (κ2) is 6.83. The van der Waals surface area contributed by atoms with Crippen LogP contribution in [-0.2, 0) is 13.1 Å². The van der Waals surface area contributed by atoms with Crippen molar-refractivity contribution in [3.8, 4) is 6.07 Å². The Bertz CT molecular complexity index is 594. The van der Waals surface area contributed by atoms with E-state index >= 15 is 0 Å². The van der Waals surface area contributed by atoms with Gasteiger partial charge in [0.25, 0.3) is 0 Å². The normalized spacial score (nSPS) is 10.7. The number of hydrogen-bond donors (Lipinski definition) is 1. The van der Waals surface area contributed by atoms with E-state index in [-0.39, 0.29) is 0 Å². The molecule has 0 radical (unpaired) electrons. The molecule has 0 saturated carbocycles. The molecule has 0 aromatic carbocycles. The van der Waals surface area contributed by atoms with E-state index in [1.807, 2.05) is 23.2 Å². The molecule has 2 heterocycles. The molecule has 0 aliphatic carbocycles.